The second-order valence-electron chi connectivity index (χ2n) is 5.20. The van der Waals surface area contributed by atoms with Crippen LogP contribution in [0, 0.1) is 5.92 Å². The number of aliphatic hydroxyl groups excluding tert-OH is 1. The fourth-order valence-corrected chi connectivity index (χ4v) is 3.33. The highest BCUT2D eigenvalue weighted by molar-refractivity contribution is 5.93. The van der Waals surface area contributed by atoms with Crippen molar-refractivity contribution in [3.8, 4) is 0 Å². The number of carboxylic acid groups (broad SMARTS) is 2. The van der Waals surface area contributed by atoms with Crippen LogP contribution in [0.1, 0.15) is 12.8 Å². The van der Waals surface area contributed by atoms with Crippen LogP contribution in [0.4, 0.5) is 0 Å². The molecule has 0 unspecified atom stereocenters. The van der Waals surface area contributed by atoms with Gasteiger partial charge in [-0.25, -0.2) is 4.79 Å². The van der Waals surface area contributed by atoms with Crippen molar-refractivity contribution in [3.63, 3.8) is 0 Å². The average molecular weight is 299 g/mol. The summed E-state index contributed by atoms with van der Waals surface area (Å²) in [6.45, 7) is 2.97. The van der Waals surface area contributed by atoms with Crippen molar-refractivity contribution in [1.29, 1.82) is 0 Å². The Kier molecular flexibility index (Phi) is 4.02. The standard InChI is InChI=1S/C13H17NO7/c1-2-7-5-8-11(18)14(3-4-15)10(12(19)20)13(8,21-7)6-9(16)17/h2,7-8,10,15H,1,3-6H2,(H,16,17)(H,19,20)/t7-,8-,10+,13-/m0/s1. The largest absolute Gasteiger partial charge is 0.481 e. The van der Waals surface area contributed by atoms with E-state index in [2.05, 4.69) is 6.58 Å². The van der Waals surface area contributed by atoms with E-state index in [1.54, 1.807) is 0 Å². The van der Waals surface area contributed by atoms with Gasteiger partial charge in [-0.1, -0.05) is 6.08 Å². The fraction of sp³-hybridized carbons (Fsp3) is 0.615. The third-order valence-corrected chi connectivity index (χ3v) is 4.05. The zero-order chi connectivity index (χ0) is 15.8. The summed E-state index contributed by atoms with van der Waals surface area (Å²) in [4.78, 5) is 36.1. The molecule has 4 atom stereocenters. The zero-order valence-electron chi connectivity index (χ0n) is 11.3. The number of hydrogen-bond donors (Lipinski definition) is 3. The van der Waals surface area contributed by atoms with Crippen LogP contribution in [0.15, 0.2) is 12.7 Å². The number of hydrogen-bond acceptors (Lipinski definition) is 5. The van der Waals surface area contributed by atoms with E-state index in [0.29, 0.717) is 0 Å². The summed E-state index contributed by atoms with van der Waals surface area (Å²) in [7, 11) is 0. The summed E-state index contributed by atoms with van der Waals surface area (Å²) in [6, 6.07) is -1.43. The number of nitrogens with zero attached hydrogens (tertiary/aromatic N) is 1. The van der Waals surface area contributed by atoms with Gasteiger partial charge in [0.05, 0.1) is 25.0 Å². The molecule has 8 heteroatoms. The summed E-state index contributed by atoms with van der Waals surface area (Å²) >= 11 is 0. The van der Waals surface area contributed by atoms with E-state index in [9.17, 15) is 19.5 Å². The molecule has 0 aromatic rings. The number of rotatable bonds is 6. The van der Waals surface area contributed by atoms with E-state index in [-0.39, 0.29) is 13.0 Å². The minimum atomic E-state index is -1.62. The van der Waals surface area contributed by atoms with E-state index in [1.807, 2.05) is 0 Å². The molecule has 0 radical (unpaired) electrons. The van der Waals surface area contributed by atoms with Crippen molar-refractivity contribution in [1.82, 2.24) is 4.90 Å². The van der Waals surface area contributed by atoms with Gasteiger partial charge in [0.25, 0.3) is 0 Å². The average Bonchev–Trinajstić information content (AvgIpc) is 2.83. The highest BCUT2D eigenvalue weighted by Crippen LogP contribution is 2.49. The molecule has 1 amide bonds. The van der Waals surface area contributed by atoms with Crippen molar-refractivity contribution < 1.29 is 34.4 Å². The monoisotopic (exact) mass is 299 g/mol. The van der Waals surface area contributed by atoms with Crippen LogP contribution in [-0.4, -0.2) is 69.0 Å². The van der Waals surface area contributed by atoms with Crippen molar-refractivity contribution in [2.75, 3.05) is 13.2 Å². The quantitative estimate of drug-likeness (QED) is 0.542. The van der Waals surface area contributed by atoms with Gasteiger partial charge in [-0.3, -0.25) is 9.59 Å². The van der Waals surface area contributed by atoms with Crippen molar-refractivity contribution >= 4 is 17.8 Å². The summed E-state index contributed by atoms with van der Waals surface area (Å²) in [5, 5.41) is 27.5. The molecule has 0 aromatic heterocycles. The van der Waals surface area contributed by atoms with Crippen molar-refractivity contribution in [2.45, 2.75) is 30.6 Å². The molecule has 0 bridgehead atoms. The molecule has 0 aromatic carbocycles. The Labute approximate surface area is 120 Å². The first-order valence-corrected chi connectivity index (χ1v) is 6.53. The maximum atomic E-state index is 12.4. The Balaban J connectivity index is 2.48. The van der Waals surface area contributed by atoms with Crippen LogP contribution in [0.2, 0.25) is 0 Å². The number of carboxylic acids is 2. The van der Waals surface area contributed by atoms with Gasteiger partial charge in [-0.05, 0) is 6.42 Å². The zero-order valence-corrected chi connectivity index (χ0v) is 11.3. The van der Waals surface area contributed by atoms with Gasteiger partial charge in [-0.15, -0.1) is 6.58 Å². The number of aliphatic carboxylic acids is 2. The number of amides is 1. The van der Waals surface area contributed by atoms with Gasteiger partial charge < -0.3 is 25.0 Å². The predicted octanol–water partition coefficient (Wildman–Crippen LogP) is -0.921. The number of β-amino-alcohol motifs (C(OH)–C–C–N with tert-alkyl or cyclic N) is 1. The molecule has 116 valence electrons. The summed E-state index contributed by atoms with van der Waals surface area (Å²) in [6.07, 6.45) is 0.481. The lowest BCUT2D eigenvalue weighted by Gasteiger charge is -2.33. The Bertz CT molecular complexity index is 491. The molecule has 0 aliphatic carbocycles. The number of aliphatic hydroxyl groups is 1. The second kappa shape index (κ2) is 5.45. The number of carbonyl (C=O) groups is 3. The summed E-state index contributed by atoms with van der Waals surface area (Å²) in [5.41, 5.74) is -1.62. The summed E-state index contributed by atoms with van der Waals surface area (Å²) in [5.74, 6) is -3.94. The SMILES string of the molecule is C=C[C@H]1C[C@H]2C(=O)N(CCO)[C@H](C(=O)O)[C@@]2(CC(=O)O)O1. The molecule has 21 heavy (non-hydrogen) atoms. The minimum absolute atomic E-state index is 0.171. The second-order valence-corrected chi connectivity index (χ2v) is 5.20. The molecule has 2 rings (SSSR count). The first kappa shape index (κ1) is 15.5. The molecule has 2 saturated heterocycles. The number of ether oxygens (including phenoxy) is 1. The highest BCUT2D eigenvalue weighted by Gasteiger charge is 2.67. The Morgan fingerprint density at radius 3 is 2.62 bits per heavy atom. The molecule has 2 fully saturated rings. The van der Waals surface area contributed by atoms with E-state index in [1.165, 1.54) is 6.08 Å². The number of likely N-dealkylation sites (tertiary alicyclic amines) is 1. The van der Waals surface area contributed by atoms with Crippen LogP contribution in [0.3, 0.4) is 0 Å². The molecule has 2 aliphatic rings. The van der Waals surface area contributed by atoms with Gasteiger partial charge in [0.15, 0.2) is 6.04 Å². The first-order chi connectivity index (χ1) is 9.87. The lowest BCUT2D eigenvalue weighted by atomic mass is 9.82. The lowest BCUT2D eigenvalue weighted by molar-refractivity contribution is -0.161. The van der Waals surface area contributed by atoms with Crippen LogP contribution in [-0.2, 0) is 19.1 Å². The molecule has 8 nitrogen and oxygen atoms in total. The molecule has 2 heterocycles. The van der Waals surface area contributed by atoms with Gasteiger partial charge in [-0.2, -0.15) is 0 Å². The molecule has 3 N–H and O–H groups in total. The highest BCUT2D eigenvalue weighted by atomic mass is 16.5. The predicted molar refractivity (Wildman–Crippen MR) is 68.4 cm³/mol. The number of carbonyl (C=O) groups excluding carboxylic acids is 1. The molecule has 2 aliphatic heterocycles. The van der Waals surface area contributed by atoms with Crippen molar-refractivity contribution in [2.24, 2.45) is 5.92 Å². The van der Waals surface area contributed by atoms with Gasteiger partial charge in [0, 0.05) is 6.54 Å². The smallest absolute Gasteiger partial charge is 0.329 e. The number of fused-ring (bicyclic) bond motifs is 1. The Morgan fingerprint density at radius 1 is 1.48 bits per heavy atom. The lowest BCUT2D eigenvalue weighted by Crippen LogP contribution is -2.53. The molecule has 0 spiro atoms. The molecule has 0 saturated carbocycles. The van der Waals surface area contributed by atoms with Crippen LogP contribution in [0.5, 0.6) is 0 Å². The third kappa shape index (κ3) is 2.30. The van der Waals surface area contributed by atoms with Crippen molar-refractivity contribution in [3.05, 3.63) is 12.7 Å². The fourth-order valence-electron chi connectivity index (χ4n) is 3.33. The maximum absolute atomic E-state index is 12.4. The van der Waals surface area contributed by atoms with Gasteiger partial charge in [0.1, 0.15) is 5.60 Å². The first-order valence-electron chi connectivity index (χ1n) is 6.53. The third-order valence-electron chi connectivity index (χ3n) is 4.05. The minimum Gasteiger partial charge on any atom is -0.481 e. The van der Waals surface area contributed by atoms with E-state index in [4.69, 9.17) is 14.9 Å². The maximum Gasteiger partial charge on any atom is 0.329 e. The Morgan fingerprint density at radius 2 is 2.14 bits per heavy atom. The van der Waals surface area contributed by atoms with Crippen LogP contribution >= 0.6 is 0 Å². The topological polar surface area (TPSA) is 124 Å². The van der Waals surface area contributed by atoms with Crippen LogP contribution < -0.4 is 0 Å². The van der Waals surface area contributed by atoms with E-state index < -0.39 is 54.5 Å². The van der Waals surface area contributed by atoms with Gasteiger partial charge in [0.2, 0.25) is 5.91 Å². The Hall–Kier alpha value is -1.93. The van der Waals surface area contributed by atoms with Gasteiger partial charge >= 0.3 is 11.9 Å². The molecular formula is C13H17NO7. The van der Waals surface area contributed by atoms with E-state index >= 15 is 0 Å². The van der Waals surface area contributed by atoms with Crippen LogP contribution in [0.25, 0.3) is 0 Å². The normalized spacial score (nSPS) is 34.8. The summed E-state index contributed by atoms with van der Waals surface area (Å²) < 4.78 is 5.63. The van der Waals surface area contributed by atoms with E-state index in [0.717, 1.165) is 4.90 Å². The molecular weight excluding hydrogens is 282 g/mol.